The summed E-state index contributed by atoms with van der Waals surface area (Å²) in [6.07, 6.45) is 1.57. The molecule has 8 heteroatoms. The summed E-state index contributed by atoms with van der Waals surface area (Å²) in [6, 6.07) is 13.4. The molecule has 0 radical (unpaired) electrons. The van der Waals surface area contributed by atoms with Gasteiger partial charge in [-0.25, -0.2) is 14.4 Å². The molecule has 0 bridgehead atoms. The van der Waals surface area contributed by atoms with Crippen LogP contribution in [0.15, 0.2) is 59.8 Å². The number of esters is 1. The minimum atomic E-state index is -0.641. The van der Waals surface area contributed by atoms with E-state index < -0.39 is 12.0 Å². The first-order chi connectivity index (χ1) is 15.9. The molecule has 33 heavy (non-hydrogen) atoms. The quantitative estimate of drug-likeness (QED) is 0.527. The van der Waals surface area contributed by atoms with E-state index >= 15 is 0 Å². The number of amides is 4. The number of benzene rings is 2. The van der Waals surface area contributed by atoms with Crippen LogP contribution in [0.1, 0.15) is 44.4 Å². The summed E-state index contributed by atoms with van der Waals surface area (Å²) in [5.74, 6) is -0.491. The molecular formula is C25H30N4O4. The van der Waals surface area contributed by atoms with Crippen LogP contribution in [0.4, 0.5) is 21.0 Å². The molecule has 0 fully saturated rings. The number of anilines is 2. The highest BCUT2D eigenvalue weighted by atomic mass is 16.5. The van der Waals surface area contributed by atoms with Crippen molar-refractivity contribution in [2.45, 2.75) is 39.7 Å². The molecular weight excluding hydrogens is 420 g/mol. The second-order valence-corrected chi connectivity index (χ2v) is 7.74. The third kappa shape index (κ3) is 5.34. The second kappa shape index (κ2) is 10.7. The van der Waals surface area contributed by atoms with Gasteiger partial charge in [0.15, 0.2) is 0 Å². The lowest BCUT2D eigenvalue weighted by Crippen LogP contribution is -2.48. The number of para-hydroxylation sites is 1. The van der Waals surface area contributed by atoms with Crippen LogP contribution in [0.3, 0.4) is 0 Å². The molecule has 4 amide bonds. The SMILES string of the molecule is CCCN1C(=O)N[C@@H](c2ccc(NC(=O)Nc3ccccc3CC)cc2)C(C(=O)OC)=C1C. The van der Waals surface area contributed by atoms with Gasteiger partial charge in [-0.2, -0.15) is 0 Å². The van der Waals surface area contributed by atoms with Crippen LogP contribution in [0.5, 0.6) is 0 Å². The van der Waals surface area contributed by atoms with E-state index in [2.05, 4.69) is 16.0 Å². The summed E-state index contributed by atoms with van der Waals surface area (Å²) in [5, 5.41) is 8.57. The summed E-state index contributed by atoms with van der Waals surface area (Å²) in [5.41, 5.74) is 4.07. The number of aryl methyl sites for hydroxylation is 1. The fourth-order valence-electron chi connectivity index (χ4n) is 3.89. The Balaban J connectivity index is 1.78. The first-order valence-electron chi connectivity index (χ1n) is 11.0. The molecule has 0 spiro atoms. The normalized spacial score (nSPS) is 15.7. The maximum atomic E-state index is 12.6. The fourth-order valence-corrected chi connectivity index (χ4v) is 3.89. The number of carbonyl (C=O) groups is 3. The van der Waals surface area contributed by atoms with Gasteiger partial charge in [0.05, 0.1) is 18.7 Å². The number of methoxy groups -OCH3 is 1. The second-order valence-electron chi connectivity index (χ2n) is 7.74. The van der Waals surface area contributed by atoms with Crippen LogP contribution in [0.2, 0.25) is 0 Å². The standard InChI is InChI=1S/C25H30N4O4/c1-5-15-29-16(3)21(23(30)33-4)22(28-25(29)32)18-11-13-19(14-12-18)26-24(31)27-20-10-8-7-9-17(20)6-2/h7-14,22H,5-6,15H2,1-4H3,(H,28,32)(H2,26,27,31)/t22-/m0/s1. The van der Waals surface area contributed by atoms with Crippen molar-refractivity contribution in [3.63, 3.8) is 0 Å². The van der Waals surface area contributed by atoms with Crippen LogP contribution >= 0.6 is 0 Å². The molecule has 1 heterocycles. The summed E-state index contributed by atoms with van der Waals surface area (Å²) >= 11 is 0. The van der Waals surface area contributed by atoms with Crippen LogP contribution in [-0.2, 0) is 16.0 Å². The highest BCUT2D eigenvalue weighted by Gasteiger charge is 2.35. The summed E-state index contributed by atoms with van der Waals surface area (Å²) in [7, 11) is 1.32. The molecule has 0 saturated heterocycles. The van der Waals surface area contributed by atoms with Crippen molar-refractivity contribution in [3.8, 4) is 0 Å². The Kier molecular flexibility index (Phi) is 7.71. The Labute approximate surface area is 194 Å². The van der Waals surface area contributed by atoms with Crippen LogP contribution in [0.25, 0.3) is 0 Å². The maximum Gasteiger partial charge on any atom is 0.337 e. The van der Waals surface area contributed by atoms with Gasteiger partial charge in [-0.15, -0.1) is 0 Å². The zero-order valence-electron chi connectivity index (χ0n) is 19.4. The minimum absolute atomic E-state index is 0.261. The third-order valence-corrected chi connectivity index (χ3v) is 5.60. The average Bonchev–Trinajstić information content (AvgIpc) is 2.81. The van der Waals surface area contributed by atoms with Gasteiger partial charge in [-0.3, -0.25) is 4.90 Å². The van der Waals surface area contributed by atoms with Crippen LogP contribution in [-0.4, -0.2) is 36.6 Å². The summed E-state index contributed by atoms with van der Waals surface area (Å²) in [6.45, 7) is 6.25. The Morgan fingerprint density at radius 2 is 1.76 bits per heavy atom. The van der Waals surface area contributed by atoms with E-state index in [9.17, 15) is 14.4 Å². The van der Waals surface area contributed by atoms with Gasteiger partial charge in [-0.1, -0.05) is 44.2 Å². The van der Waals surface area contributed by atoms with Gasteiger partial charge in [0.2, 0.25) is 0 Å². The minimum Gasteiger partial charge on any atom is -0.466 e. The first-order valence-corrected chi connectivity index (χ1v) is 11.0. The zero-order chi connectivity index (χ0) is 24.0. The Morgan fingerprint density at radius 1 is 1.06 bits per heavy atom. The summed E-state index contributed by atoms with van der Waals surface area (Å²) < 4.78 is 4.99. The number of carbonyl (C=O) groups excluding carboxylic acids is 3. The van der Waals surface area contributed by atoms with Crippen LogP contribution < -0.4 is 16.0 Å². The topological polar surface area (TPSA) is 99.8 Å². The van der Waals surface area contributed by atoms with E-state index in [0.717, 1.165) is 24.1 Å². The number of nitrogens with one attached hydrogen (secondary N) is 3. The molecule has 2 aromatic carbocycles. The smallest absolute Gasteiger partial charge is 0.337 e. The molecule has 1 atom stereocenters. The van der Waals surface area contributed by atoms with Gasteiger partial charge >= 0.3 is 18.0 Å². The number of hydrogen-bond donors (Lipinski definition) is 3. The zero-order valence-corrected chi connectivity index (χ0v) is 19.4. The van der Waals surface area contributed by atoms with Crippen LogP contribution in [0, 0.1) is 0 Å². The van der Waals surface area contributed by atoms with Crippen molar-refractivity contribution in [2.24, 2.45) is 0 Å². The lowest BCUT2D eigenvalue weighted by Gasteiger charge is -2.35. The lowest BCUT2D eigenvalue weighted by atomic mass is 9.94. The lowest BCUT2D eigenvalue weighted by molar-refractivity contribution is -0.136. The molecule has 3 N–H and O–H groups in total. The third-order valence-electron chi connectivity index (χ3n) is 5.60. The molecule has 0 aliphatic carbocycles. The molecule has 1 aliphatic rings. The molecule has 0 unspecified atom stereocenters. The maximum absolute atomic E-state index is 12.6. The Hall–Kier alpha value is -3.81. The van der Waals surface area contributed by atoms with Gasteiger partial charge in [0.1, 0.15) is 0 Å². The number of allylic oxidation sites excluding steroid dienone is 1. The number of nitrogens with zero attached hydrogens (tertiary/aromatic N) is 1. The van der Waals surface area contributed by atoms with Crippen molar-refractivity contribution in [3.05, 3.63) is 70.9 Å². The van der Waals surface area contributed by atoms with E-state index in [1.165, 1.54) is 7.11 Å². The predicted molar refractivity (Wildman–Crippen MR) is 128 cm³/mol. The molecule has 0 saturated carbocycles. The number of ether oxygens (including phenoxy) is 1. The molecule has 2 aromatic rings. The predicted octanol–water partition coefficient (Wildman–Crippen LogP) is 4.82. The molecule has 3 rings (SSSR count). The van der Waals surface area contributed by atoms with Crippen molar-refractivity contribution in [1.82, 2.24) is 10.2 Å². The monoisotopic (exact) mass is 450 g/mol. The molecule has 8 nitrogen and oxygen atoms in total. The van der Waals surface area contributed by atoms with E-state index in [1.807, 2.05) is 38.1 Å². The van der Waals surface area contributed by atoms with Crippen molar-refractivity contribution in [1.29, 1.82) is 0 Å². The average molecular weight is 451 g/mol. The van der Waals surface area contributed by atoms with E-state index in [1.54, 1.807) is 36.1 Å². The van der Waals surface area contributed by atoms with Gasteiger partial charge in [-0.05, 0) is 49.1 Å². The number of urea groups is 2. The Morgan fingerprint density at radius 3 is 2.39 bits per heavy atom. The number of hydrogen-bond acceptors (Lipinski definition) is 4. The highest BCUT2D eigenvalue weighted by molar-refractivity contribution is 6.00. The van der Waals surface area contributed by atoms with Gasteiger partial charge < -0.3 is 20.7 Å². The summed E-state index contributed by atoms with van der Waals surface area (Å²) in [4.78, 5) is 39.2. The Bertz CT molecular complexity index is 1060. The molecule has 174 valence electrons. The number of rotatable bonds is 7. The van der Waals surface area contributed by atoms with E-state index in [-0.39, 0.29) is 12.1 Å². The largest absolute Gasteiger partial charge is 0.466 e. The van der Waals surface area contributed by atoms with Gasteiger partial charge in [0, 0.05) is 23.6 Å². The van der Waals surface area contributed by atoms with Crippen molar-refractivity contribution < 1.29 is 19.1 Å². The molecule has 1 aliphatic heterocycles. The molecule has 0 aromatic heterocycles. The van der Waals surface area contributed by atoms with Crippen molar-refractivity contribution in [2.75, 3.05) is 24.3 Å². The first kappa shape index (κ1) is 23.8. The van der Waals surface area contributed by atoms with Gasteiger partial charge in [0.25, 0.3) is 0 Å². The van der Waals surface area contributed by atoms with E-state index in [0.29, 0.717) is 29.1 Å². The van der Waals surface area contributed by atoms with E-state index in [4.69, 9.17) is 4.74 Å². The fraction of sp³-hybridized carbons (Fsp3) is 0.320. The highest BCUT2D eigenvalue weighted by Crippen LogP contribution is 2.32. The van der Waals surface area contributed by atoms with Crippen molar-refractivity contribution >= 4 is 29.4 Å².